The number of hydrogen-bond donors (Lipinski definition) is 4. The van der Waals surface area contributed by atoms with Crippen LogP contribution < -0.4 is 16.0 Å². The van der Waals surface area contributed by atoms with Gasteiger partial charge < -0.3 is 21.1 Å². The van der Waals surface area contributed by atoms with Crippen molar-refractivity contribution in [2.24, 2.45) is 0 Å². The fourth-order valence-electron chi connectivity index (χ4n) is 2.09. The Morgan fingerprint density at radius 3 is 3.11 bits per heavy atom. The molecular weight excluding hydrogens is 244 g/mol. The Hall–Kier alpha value is -1.66. The minimum atomic E-state index is -0.409. The second-order valence-electron chi connectivity index (χ2n) is 4.76. The number of carbonyl (C=O) groups is 1. The SMILES string of the molecule is Cc1cnccc1NCCNC(=O)[C@H]1C[C@@H](O)CN1. The summed E-state index contributed by atoms with van der Waals surface area (Å²) in [5.74, 6) is -0.0511. The van der Waals surface area contributed by atoms with Gasteiger partial charge in [0.15, 0.2) is 0 Å². The molecule has 0 saturated carbocycles. The first-order valence-corrected chi connectivity index (χ1v) is 6.50. The molecular formula is C13H20N4O2. The molecule has 4 N–H and O–H groups in total. The van der Waals surface area contributed by atoms with E-state index in [1.807, 2.05) is 13.0 Å². The molecule has 6 nitrogen and oxygen atoms in total. The Labute approximate surface area is 112 Å². The number of carbonyl (C=O) groups excluding carboxylic acids is 1. The summed E-state index contributed by atoms with van der Waals surface area (Å²) in [6.07, 6.45) is 3.61. The first kappa shape index (κ1) is 13.8. The van der Waals surface area contributed by atoms with Gasteiger partial charge in [0.2, 0.25) is 5.91 Å². The lowest BCUT2D eigenvalue weighted by molar-refractivity contribution is -0.122. The van der Waals surface area contributed by atoms with Crippen LogP contribution in [-0.4, -0.2) is 47.8 Å². The van der Waals surface area contributed by atoms with Crippen molar-refractivity contribution < 1.29 is 9.90 Å². The topological polar surface area (TPSA) is 86.3 Å². The number of aryl methyl sites for hydroxylation is 1. The van der Waals surface area contributed by atoms with Gasteiger partial charge in [-0.15, -0.1) is 0 Å². The number of hydrogen-bond acceptors (Lipinski definition) is 5. The lowest BCUT2D eigenvalue weighted by Crippen LogP contribution is -2.42. The van der Waals surface area contributed by atoms with Crippen molar-refractivity contribution in [1.29, 1.82) is 0 Å². The predicted octanol–water partition coefficient (Wildman–Crippen LogP) is -0.359. The van der Waals surface area contributed by atoms with Crippen LogP contribution in [0.4, 0.5) is 5.69 Å². The Kier molecular flexibility index (Phi) is 4.70. The highest BCUT2D eigenvalue weighted by Crippen LogP contribution is 2.10. The van der Waals surface area contributed by atoms with Crippen LogP contribution in [0.2, 0.25) is 0 Å². The van der Waals surface area contributed by atoms with Gasteiger partial charge in [0.25, 0.3) is 0 Å². The second kappa shape index (κ2) is 6.49. The van der Waals surface area contributed by atoms with Gasteiger partial charge in [0.05, 0.1) is 12.1 Å². The lowest BCUT2D eigenvalue weighted by Gasteiger charge is -2.12. The van der Waals surface area contributed by atoms with Crippen molar-refractivity contribution in [3.63, 3.8) is 0 Å². The first-order valence-electron chi connectivity index (χ1n) is 6.50. The summed E-state index contributed by atoms with van der Waals surface area (Å²) in [5, 5.41) is 18.4. The summed E-state index contributed by atoms with van der Waals surface area (Å²) in [7, 11) is 0. The number of aromatic nitrogens is 1. The van der Waals surface area contributed by atoms with Crippen molar-refractivity contribution in [3.8, 4) is 0 Å². The quantitative estimate of drug-likeness (QED) is 0.546. The summed E-state index contributed by atoms with van der Waals surface area (Å²) in [6, 6.07) is 1.64. The molecule has 0 aliphatic carbocycles. The van der Waals surface area contributed by atoms with Gasteiger partial charge in [-0.1, -0.05) is 0 Å². The average molecular weight is 264 g/mol. The molecule has 0 aromatic carbocycles. The Morgan fingerprint density at radius 1 is 1.58 bits per heavy atom. The number of amides is 1. The third-order valence-corrected chi connectivity index (χ3v) is 3.18. The van der Waals surface area contributed by atoms with E-state index in [9.17, 15) is 9.90 Å². The lowest BCUT2D eigenvalue weighted by atomic mass is 10.2. The van der Waals surface area contributed by atoms with E-state index in [0.717, 1.165) is 11.3 Å². The van der Waals surface area contributed by atoms with Crippen LogP contribution in [-0.2, 0) is 4.79 Å². The maximum Gasteiger partial charge on any atom is 0.237 e. The van der Waals surface area contributed by atoms with Crippen LogP contribution in [0.5, 0.6) is 0 Å². The molecule has 1 fully saturated rings. The maximum atomic E-state index is 11.7. The molecule has 0 bridgehead atoms. The molecule has 19 heavy (non-hydrogen) atoms. The van der Waals surface area contributed by atoms with Gasteiger partial charge in [-0.25, -0.2) is 0 Å². The molecule has 0 radical (unpaired) electrons. The summed E-state index contributed by atoms with van der Waals surface area (Å²) >= 11 is 0. The number of aliphatic hydroxyl groups is 1. The molecule has 1 amide bonds. The van der Waals surface area contributed by atoms with Gasteiger partial charge in [-0.05, 0) is 25.0 Å². The number of β-amino-alcohol motifs (C(OH)–C–C–N with tert-alkyl or cyclic N) is 1. The minimum Gasteiger partial charge on any atom is -0.392 e. The standard InChI is InChI=1S/C13H20N4O2/c1-9-7-14-3-2-11(9)15-4-5-16-13(19)12-6-10(18)8-17-12/h2-3,7,10,12,17-18H,4-6,8H2,1H3,(H,14,15)(H,16,19)/t10-,12-/m1/s1. The summed E-state index contributed by atoms with van der Waals surface area (Å²) in [5.41, 5.74) is 2.10. The van der Waals surface area contributed by atoms with E-state index >= 15 is 0 Å². The zero-order valence-corrected chi connectivity index (χ0v) is 11.0. The average Bonchev–Trinajstić information content (AvgIpc) is 2.83. The predicted molar refractivity (Wildman–Crippen MR) is 72.9 cm³/mol. The molecule has 1 aliphatic rings. The van der Waals surface area contributed by atoms with Crippen LogP contribution in [0.15, 0.2) is 18.5 Å². The Bertz CT molecular complexity index is 438. The zero-order valence-electron chi connectivity index (χ0n) is 11.0. The summed E-state index contributed by atoms with van der Waals surface area (Å²) in [6.45, 7) is 3.69. The molecule has 0 unspecified atom stereocenters. The zero-order chi connectivity index (χ0) is 13.7. The van der Waals surface area contributed by atoms with E-state index in [-0.39, 0.29) is 11.9 Å². The largest absolute Gasteiger partial charge is 0.392 e. The van der Waals surface area contributed by atoms with Gasteiger partial charge in [-0.2, -0.15) is 0 Å². The normalized spacial score (nSPS) is 22.2. The van der Waals surface area contributed by atoms with E-state index < -0.39 is 6.10 Å². The fraction of sp³-hybridized carbons (Fsp3) is 0.538. The van der Waals surface area contributed by atoms with E-state index in [1.165, 1.54) is 0 Å². The highest BCUT2D eigenvalue weighted by atomic mass is 16.3. The van der Waals surface area contributed by atoms with Gasteiger partial charge in [-0.3, -0.25) is 9.78 Å². The molecule has 1 aromatic heterocycles. The molecule has 0 spiro atoms. The van der Waals surface area contributed by atoms with Crippen LogP contribution >= 0.6 is 0 Å². The monoisotopic (exact) mass is 264 g/mol. The van der Waals surface area contributed by atoms with E-state index in [2.05, 4.69) is 20.9 Å². The molecule has 2 atom stereocenters. The fourth-order valence-corrected chi connectivity index (χ4v) is 2.09. The van der Waals surface area contributed by atoms with Crippen LogP contribution in [0.3, 0.4) is 0 Å². The summed E-state index contributed by atoms with van der Waals surface area (Å²) < 4.78 is 0. The minimum absolute atomic E-state index is 0.0511. The number of aliphatic hydroxyl groups excluding tert-OH is 1. The molecule has 104 valence electrons. The van der Waals surface area contributed by atoms with E-state index in [0.29, 0.717) is 26.1 Å². The van der Waals surface area contributed by atoms with Gasteiger partial charge in [0.1, 0.15) is 0 Å². The Morgan fingerprint density at radius 2 is 2.42 bits per heavy atom. The molecule has 2 rings (SSSR count). The van der Waals surface area contributed by atoms with Crippen molar-refractivity contribution in [3.05, 3.63) is 24.0 Å². The summed E-state index contributed by atoms with van der Waals surface area (Å²) in [4.78, 5) is 15.8. The van der Waals surface area contributed by atoms with Crippen molar-refractivity contribution >= 4 is 11.6 Å². The highest BCUT2D eigenvalue weighted by molar-refractivity contribution is 5.82. The van der Waals surface area contributed by atoms with E-state index in [1.54, 1.807) is 12.4 Å². The van der Waals surface area contributed by atoms with Gasteiger partial charge in [0, 0.05) is 37.7 Å². The number of rotatable bonds is 5. The second-order valence-corrected chi connectivity index (χ2v) is 4.76. The molecule has 1 saturated heterocycles. The number of nitrogens with one attached hydrogen (secondary N) is 3. The van der Waals surface area contributed by atoms with Gasteiger partial charge >= 0.3 is 0 Å². The molecule has 2 heterocycles. The van der Waals surface area contributed by atoms with Crippen molar-refractivity contribution in [1.82, 2.24) is 15.6 Å². The van der Waals surface area contributed by atoms with Crippen molar-refractivity contribution in [2.75, 3.05) is 25.0 Å². The third kappa shape index (κ3) is 3.90. The number of pyridine rings is 1. The van der Waals surface area contributed by atoms with Crippen LogP contribution in [0.25, 0.3) is 0 Å². The highest BCUT2D eigenvalue weighted by Gasteiger charge is 2.27. The molecule has 1 aliphatic heterocycles. The number of nitrogens with zero attached hydrogens (tertiary/aromatic N) is 1. The molecule has 1 aromatic rings. The third-order valence-electron chi connectivity index (χ3n) is 3.18. The van der Waals surface area contributed by atoms with E-state index in [4.69, 9.17) is 0 Å². The van der Waals surface area contributed by atoms with Crippen LogP contribution in [0.1, 0.15) is 12.0 Å². The van der Waals surface area contributed by atoms with Crippen LogP contribution in [0, 0.1) is 6.92 Å². The smallest absolute Gasteiger partial charge is 0.237 e. The Balaban J connectivity index is 1.67. The maximum absolute atomic E-state index is 11.7. The first-order chi connectivity index (χ1) is 9.16. The number of anilines is 1. The van der Waals surface area contributed by atoms with Crippen molar-refractivity contribution in [2.45, 2.75) is 25.5 Å². The molecule has 6 heteroatoms.